The molecule has 0 radical (unpaired) electrons. The Morgan fingerprint density at radius 1 is 1.00 bits per heavy atom. The van der Waals surface area contributed by atoms with Crippen molar-refractivity contribution in [1.29, 1.82) is 0 Å². The van der Waals surface area contributed by atoms with E-state index in [1.54, 1.807) is 24.5 Å². The molecule has 1 N–H and O–H groups in total. The third-order valence-electron chi connectivity index (χ3n) is 5.71. The molecular weight excluding hydrogens is 342 g/mol. The van der Waals surface area contributed by atoms with Gasteiger partial charge in [0, 0.05) is 56.1 Å². The average molecular weight is 367 g/mol. The predicted molar refractivity (Wildman–Crippen MR) is 100 cm³/mol. The van der Waals surface area contributed by atoms with Gasteiger partial charge in [0.1, 0.15) is 5.69 Å². The molecule has 27 heavy (non-hydrogen) atoms. The molecule has 0 spiro atoms. The van der Waals surface area contributed by atoms with E-state index >= 15 is 0 Å². The monoisotopic (exact) mass is 367 g/mol. The molecule has 4 heterocycles. The highest BCUT2D eigenvalue weighted by molar-refractivity contribution is 5.92. The molecule has 1 atom stereocenters. The summed E-state index contributed by atoms with van der Waals surface area (Å²) in [5.41, 5.74) is 1.59. The molecule has 2 aromatic heterocycles. The summed E-state index contributed by atoms with van der Waals surface area (Å²) in [6.45, 7) is 2.82. The quantitative estimate of drug-likeness (QED) is 0.900. The lowest BCUT2D eigenvalue weighted by Crippen LogP contribution is -2.47. The van der Waals surface area contributed by atoms with Gasteiger partial charge in [0.05, 0.1) is 0 Å². The summed E-state index contributed by atoms with van der Waals surface area (Å²) < 4.78 is 0. The van der Waals surface area contributed by atoms with Gasteiger partial charge in [0.25, 0.3) is 5.91 Å². The number of amides is 2. The Kier molecular flexibility index (Phi) is 5.18. The number of aromatic amines is 1. The molecule has 0 aliphatic carbocycles. The van der Waals surface area contributed by atoms with Gasteiger partial charge in [-0.3, -0.25) is 19.7 Å². The van der Waals surface area contributed by atoms with E-state index in [-0.39, 0.29) is 17.7 Å². The Hall–Kier alpha value is -2.70. The summed E-state index contributed by atoms with van der Waals surface area (Å²) in [4.78, 5) is 33.5. The topological polar surface area (TPSA) is 82.2 Å². The molecule has 2 saturated heterocycles. The van der Waals surface area contributed by atoms with Crippen LogP contribution in [0.25, 0.3) is 0 Å². The maximum absolute atomic E-state index is 13.0. The molecule has 2 aliphatic rings. The van der Waals surface area contributed by atoms with E-state index in [4.69, 9.17) is 0 Å². The molecule has 0 unspecified atom stereocenters. The molecular formula is C20H25N5O2. The van der Waals surface area contributed by atoms with Crippen molar-refractivity contribution in [3.05, 3.63) is 48.0 Å². The molecule has 2 fully saturated rings. The van der Waals surface area contributed by atoms with Crippen LogP contribution in [-0.4, -0.2) is 63.0 Å². The van der Waals surface area contributed by atoms with Crippen LogP contribution in [0.5, 0.6) is 0 Å². The van der Waals surface area contributed by atoms with Crippen LogP contribution in [0.3, 0.4) is 0 Å². The number of likely N-dealkylation sites (tertiary alicyclic amines) is 2. The van der Waals surface area contributed by atoms with Crippen LogP contribution in [0.4, 0.5) is 0 Å². The van der Waals surface area contributed by atoms with E-state index in [0.717, 1.165) is 44.5 Å². The number of nitrogens with one attached hydrogen (secondary N) is 1. The lowest BCUT2D eigenvalue weighted by molar-refractivity contribution is -0.138. The normalized spacial score (nSPS) is 21.3. The van der Waals surface area contributed by atoms with Crippen LogP contribution in [0.2, 0.25) is 0 Å². The molecule has 0 saturated carbocycles. The maximum atomic E-state index is 13.0. The van der Waals surface area contributed by atoms with Crippen molar-refractivity contribution in [1.82, 2.24) is 25.0 Å². The summed E-state index contributed by atoms with van der Waals surface area (Å²) in [5.74, 6) is 0.553. The van der Waals surface area contributed by atoms with Gasteiger partial charge in [-0.25, -0.2) is 0 Å². The highest BCUT2D eigenvalue weighted by atomic mass is 16.2. The van der Waals surface area contributed by atoms with Crippen LogP contribution in [0.15, 0.2) is 36.7 Å². The highest BCUT2D eigenvalue weighted by Gasteiger charge is 2.33. The second-order valence-electron chi connectivity index (χ2n) is 7.42. The number of carbonyl (C=O) groups is 2. The van der Waals surface area contributed by atoms with Crippen LogP contribution < -0.4 is 0 Å². The second kappa shape index (κ2) is 7.90. The Bertz CT molecular complexity index is 769. The standard InChI is InChI=1S/C20H25N5O2/c26-19(25-11-3-4-16(14-25)17-6-10-22-23-17)15-7-12-24(13-8-15)20(27)18-5-1-2-9-21-18/h1-2,5-6,9-10,15-16H,3-4,7-8,11-14H2,(H,22,23)/t16-/m1/s1. The lowest BCUT2D eigenvalue weighted by atomic mass is 9.91. The van der Waals surface area contributed by atoms with Crippen LogP contribution in [0.1, 0.15) is 47.8 Å². The lowest BCUT2D eigenvalue weighted by Gasteiger charge is -2.37. The van der Waals surface area contributed by atoms with Gasteiger partial charge in [-0.1, -0.05) is 6.07 Å². The van der Waals surface area contributed by atoms with Gasteiger partial charge in [-0.05, 0) is 43.9 Å². The van der Waals surface area contributed by atoms with Crippen molar-refractivity contribution in [2.24, 2.45) is 5.92 Å². The van der Waals surface area contributed by atoms with Gasteiger partial charge >= 0.3 is 0 Å². The Morgan fingerprint density at radius 2 is 1.85 bits per heavy atom. The van der Waals surface area contributed by atoms with E-state index in [1.165, 1.54) is 0 Å². The summed E-state index contributed by atoms with van der Waals surface area (Å²) in [7, 11) is 0. The number of carbonyl (C=O) groups excluding carboxylic acids is 2. The van der Waals surface area contributed by atoms with Crippen LogP contribution in [0, 0.1) is 5.92 Å². The molecule has 7 nitrogen and oxygen atoms in total. The minimum absolute atomic E-state index is 0.0123. The first-order valence-corrected chi connectivity index (χ1v) is 9.71. The Balaban J connectivity index is 1.32. The summed E-state index contributed by atoms with van der Waals surface area (Å²) >= 11 is 0. The molecule has 2 aliphatic heterocycles. The summed E-state index contributed by atoms with van der Waals surface area (Å²) in [6.07, 6.45) is 6.96. The molecule has 0 aromatic carbocycles. The Morgan fingerprint density at radius 3 is 2.56 bits per heavy atom. The van der Waals surface area contributed by atoms with Gasteiger partial charge in [-0.15, -0.1) is 0 Å². The first-order valence-electron chi connectivity index (χ1n) is 9.71. The molecule has 4 rings (SSSR count). The van der Waals surface area contributed by atoms with Crippen molar-refractivity contribution in [2.75, 3.05) is 26.2 Å². The van der Waals surface area contributed by atoms with Crippen molar-refractivity contribution in [3.63, 3.8) is 0 Å². The Labute approximate surface area is 158 Å². The molecule has 7 heteroatoms. The second-order valence-corrected chi connectivity index (χ2v) is 7.42. The first-order chi connectivity index (χ1) is 13.2. The summed E-state index contributed by atoms with van der Waals surface area (Å²) in [6, 6.07) is 7.36. The molecule has 2 amide bonds. The number of nitrogens with zero attached hydrogens (tertiary/aromatic N) is 4. The SMILES string of the molecule is O=C(c1ccccn1)N1CCC(C(=O)N2CCC[C@@H](c3ccn[nH]3)C2)CC1. The van der Waals surface area contributed by atoms with E-state index in [9.17, 15) is 9.59 Å². The van der Waals surface area contributed by atoms with Crippen molar-refractivity contribution in [2.45, 2.75) is 31.6 Å². The molecule has 0 bridgehead atoms. The van der Waals surface area contributed by atoms with E-state index in [1.807, 2.05) is 21.9 Å². The number of H-pyrrole nitrogens is 1. The van der Waals surface area contributed by atoms with E-state index in [0.29, 0.717) is 24.7 Å². The first kappa shape index (κ1) is 17.7. The van der Waals surface area contributed by atoms with Gasteiger partial charge < -0.3 is 9.80 Å². The van der Waals surface area contributed by atoms with Crippen LogP contribution in [-0.2, 0) is 4.79 Å². The largest absolute Gasteiger partial charge is 0.342 e. The highest BCUT2D eigenvalue weighted by Crippen LogP contribution is 2.28. The van der Waals surface area contributed by atoms with E-state index in [2.05, 4.69) is 15.2 Å². The van der Waals surface area contributed by atoms with Gasteiger partial charge in [-0.2, -0.15) is 5.10 Å². The number of piperidine rings is 2. The zero-order chi connectivity index (χ0) is 18.6. The number of hydrogen-bond acceptors (Lipinski definition) is 4. The minimum atomic E-state index is -0.0428. The van der Waals surface area contributed by atoms with Crippen LogP contribution >= 0.6 is 0 Å². The van der Waals surface area contributed by atoms with E-state index < -0.39 is 0 Å². The summed E-state index contributed by atoms with van der Waals surface area (Å²) in [5, 5.41) is 7.08. The molecule has 2 aromatic rings. The fourth-order valence-corrected chi connectivity index (χ4v) is 4.16. The fraction of sp³-hybridized carbons (Fsp3) is 0.500. The smallest absolute Gasteiger partial charge is 0.272 e. The maximum Gasteiger partial charge on any atom is 0.272 e. The molecule has 142 valence electrons. The van der Waals surface area contributed by atoms with Gasteiger partial charge in [0.2, 0.25) is 5.91 Å². The number of hydrogen-bond donors (Lipinski definition) is 1. The van der Waals surface area contributed by atoms with Crippen molar-refractivity contribution < 1.29 is 9.59 Å². The fourth-order valence-electron chi connectivity index (χ4n) is 4.16. The van der Waals surface area contributed by atoms with Gasteiger partial charge in [0.15, 0.2) is 0 Å². The van der Waals surface area contributed by atoms with Crippen molar-refractivity contribution >= 4 is 11.8 Å². The number of pyridine rings is 1. The number of aromatic nitrogens is 3. The predicted octanol–water partition coefficient (Wildman–Crippen LogP) is 2.06. The third-order valence-corrected chi connectivity index (χ3v) is 5.71. The average Bonchev–Trinajstić information content (AvgIpc) is 3.29. The third kappa shape index (κ3) is 3.86. The number of rotatable bonds is 3. The van der Waals surface area contributed by atoms with Crippen molar-refractivity contribution in [3.8, 4) is 0 Å². The zero-order valence-corrected chi connectivity index (χ0v) is 15.4. The zero-order valence-electron chi connectivity index (χ0n) is 15.4. The minimum Gasteiger partial charge on any atom is -0.342 e.